The van der Waals surface area contributed by atoms with Crippen molar-refractivity contribution in [3.63, 3.8) is 0 Å². The van der Waals surface area contributed by atoms with Gasteiger partial charge in [0.25, 0.3) is 5.91 Å². The molecule has 0 radical (unpaired) electrons. The average molecular weight is 361 g/mol. The molecule has 0 atom stereocenters. The summed E-state index contributed by atoms with van der Waals surface area (Å²) in [7, 11) is 0. The molecule has 0 aromatic heterocycles. The fraction of sp³-hybridized carbons (Fsp3) is 0.600. The number of hydrogen-bond donors (Lipinski definition) is 1. The summed E-state index contributed by atoms with van der Waals surface area (Å²) in [5.74, 6) is 0.791. The Kier molecular flexibility index (Phi) is 6.89. The van der Waals surface area contributed by atoms with Crippen molar-refractivity contribution in [3.8, 4) is 5.75 Å². The largest absolute Gasteiger partial charge is 0.494 e. The van der Waals surface area contributed by atoms with Crippen LogP contribution in [-0.4, -0.2) is 60.1 Å². The third-order valence-corrected chi connectivity index (χ3v) is 4.20. The molecule has 0 saturated carbocycles. The minimum absolute atomic E-state index is 0.000915. The van der Waals surface area contributed by atoms with E-state index in [0.29, 0.717) is 38.3 Å². The van der Waals surface area contributed by atoms with Gasteiger partial charge in [-0.15, -0.1) is 0 Å². The summed E-state index contributed by atoms with van der Waals surface area (Å²) in [6, 6.07) is 7.23. The monoisotopic (exact) mass is 361 g/mol. The first-order valence-corrected chi connectivity index (χ1v) is 9.39. The Hall–Kier alpha value is -2.24. The van der Waals surface area contributed by atoms with Gasteiger partial charge in [-0.1, -0.05) is 13.3 Å². The molecule has 1 fully saturated rings. The maximum Gasteiger partial charge on any atom is 0.317 e. The van der Waals surface area contributed by atoms with Gasteiger partial charge in [-0.25, -0.2) is 4.79 Å². The number of hydrogen-bond acceptors (Lipinski definition) is 3. The molecule has 1 aliphatic rings. The second-order valence-electron chi connectivity index (χ2n) is 7.69. The van der Waals surface area contributed by atoms with Crippen LogP contribution in [0.25, 0.3) is 0 Å². The van der Waals surface area contributed by atoms with Crippen molar-refractivity contribution in [3.05, 3.63) is 29.8 Å². The molecule has 26 heavy (non-hydrogen) atoms. The van der Waals surface area contributed by atoms with Gasteiger partial charge in [-0.05, 0) is 51.5 Å². The van der Waals surface area contributed by atoms with Crippen LogP contribution in [-0.2, 0) is 0 Å². The quantitative estimate of drug-likeness (QED) is 0.820. The molecule has 1 N–H and O–H groups in total. The molecule has 0 spiro atoms. The van der Waals surface area contributed by atoms with E-state index in [9.17, 15) is 9.59 Å². The molecule has 6 heteroatoms. The van der Waals surface area contributed by atoms with Crippen LogP contribution < -0.4 is 10.1 Å². The smallest absolute Gasteiger partial charge is 0.317 e. The van der Waals surface area contributed by atoms with Gasteiger partial charge in [-0.3, -0.25) is 4.79 Å². The highest BCUT2D eigenvalue weighted by Gasteiger charge is 2.26. The summed E-state index contributed by atoms with van der Waals surface area (Å²) < 4.78 is 5.63. The molecule has 3 amide bonds. The molecule has 144 valence electrons. The maximum absolute atomic E-state index is 12.6. The van der Waals surface area contributed by atoms with Gasteiger partial charge in [0.05, 0.1) is 6.61 Å². The van der Waals surface area contributed by atoms with Crippen LogP contribution in [0, 0.1) is 0 Å². The Morgan fingerprint density at radius 2 is 1.62 bits per heavy atom. The molecule has 6 nitrogen and oxygen atoms in total. The van der Waals surface area contributed by atoms with Crippen LogP contribution in [0.2, 0.25) is 0 Å². The van der Waals surface area contributed by atoms with Crippen molar-refractivity contribution in [2.45, 2.75) is 46.1 Å². The first kappa shape index (κ1) is 20.1. The normalized spacial score (nSPS) is 14.9. The Balaban J connectivity index is 1.85. The minimum atomic E-state index is -0.259. The number of unbranched alkanes of at least 4 members (excludes halogenated alkanes) is 1. The van der Waals surface area contributed by atoms with E-state index in [2.05, 4.69) is 12.2 Å². The summed E-state index contributed by atoms with van der Waals surface area (Å²) in [4.78, 5) is 28.4. The van der Waals surface area contributed by atoms with E-state index in [4.69, 9.17) is 4.74 Å². The summed E-state index contributed by atoms with van der Waals surface area (Å²) >= 11 is 0. The van der Waals surface area contributed by atoms with Crippen LogP contribution in [0.1, 0.15) is 50.9 Å². The Morgan fingerprint density at radius 1 is 1.04 bits per heavy atom. The van der Waals surface area contributed by atoms with Crippen molar-refractivity contribution >= 4 is 11.9 Å². The van der Waals surface area contributed by atoms with E-state index in [1.54, 1.807) is 9.80 Å². The number of urea groups is 1. The summed E-state index contributed by atoms with van der Waals surface area (Å²) in [6.07, 6.45) is 2.12. The Morgan fingerprint density at radius 3 is 2.15 bits per heavy atom. The zero-order valence-electron chi connectivity index (χ0n) is 16.4. The molecular formula is C20H31N3O3. The lowest BCUT2D eigenvalue weighted by atomic mass is 10.1. The number of nitrogens with one attached hydrogen (secondary N) is 1. The van der Waals surface area contributed by atoms with Crippen molar-refractivity contribution in [2.75, 3.05) is 32.8 Å². The Labute approximate surface area is 156 Å². The molecule has 1 saturated heterocycles. The average Bonchev–Trinajstić information content (AvgIpc) is 2.61. The van der Waals surface area contributed by atoms with Gasteiger partial charge in [0.15, 0.2) is 0 Å². The zero-order chi connectivity index (χ0) is 19.2. The SMILES string of the molecule is CCCCOc1ccc(C(=O)N2CCN(C(=O)NC(C)(C)C)CC2)cc1. The molecule has 0 unspecified atom stereocenters. The highest BCUT2D eigenvalue weighted by molar-refractivity contribution is 5.94. The van der Waals surface area contributed by atoms with Gasteiger partial charge < -0.3 is 19.9 Å². The molecule has 2 rings (SSSR count). The number of rotatable bonds is 5. The molecule has 1 aromatic rings. The number of amides is 3. The van der Waals surface area contributed by atoms with E-state index in [1.807, 2.05) is 45.0 Å². The highest BCUT2D eigenvalue weighted by Crippen LogP contribution is 2.15. The second-order valence-corrected chi connectivity index (χ2v) is 7.69. The van der Waals surface area contributed by atoms with E-state index in [-0.39, 0.29) is 17.5 Å². The zero-order valence-corrected chi connectivity index (χ0v) is 16.4. The van der Waals surface area contributed by atoms with Crippen molar-refractivity contribution < 1.29 is 14.3 Å². The van der Waals surface area contributed by atoms with Crippen LogP contribution in [0.5, 0.6) is 5.75 Å². The molecule has 1 aromatic carbocycles. The third-order valence-electron chi connectivity index (χ3n) is 4.20. The van der Waals surface area contributed by atoms with E-state index in [1.165, 1.54) is 0 Å². The van der Waals surface area contributed by atoms with Crippen LogP contribution in [0.4, 0.5) is 4.79 Å². The highest BCUT2D eigenvalue weighted by atomic mass is 16.5. The van der Waals surface area contributed by atoms with Gasteiger partial charge in [0, 0.05) is 37.3 Å². The fourth-order valence-corrected chi connectivity index (χ4v) is 2.72. The third kappa shape index (κ3) is 5.93. The van der Waals surface area contributed by atoms with Crippen LogP contribution >= 0.6 is 0 Å². The molecule has 0 bridgehead atoms. The van der Waals surface area contributed by atoms with Gasteiger partial charge in [-0.2, -0.15) is 0 Å². The maximum atomic E-state index is 12.6. The van der Waals surface area contributed by atoms with Crippen molar-refractivity contribution in [2.24, 2.45) is 0 Å². The van der Waals surface area contributed by atoms with Crippen molar-refractivity contribution in [1.29, 1.82) is 0 Å². The molecule has 1 aliphatic heterocycles. The standard InChI is InChI=1S/C20H31N3O3/c1-5-6-15-26-17-9-7-16(8-10-17)18(24)22-11-13-23(14-12-22)19(25)21-20(2,3)4/h7-10H,5-6,11-15H2,1-4H3,(H,21,25). The lowest BCUT2D eigenvalue weighted by molar-refractivity contribution is 0.0661. The molecular weight excluding hydrogens is 330 g/mol. The summed E-state index contributed by atoms with van der Waals surface area (Å²) in [5.41, 5.74) is 0.394. The minimum Gasteiger partial charge on any atom is -0.494 e. The number of piperazine rings is 1. The van der Waals surface area contributed by atoms with Crippen molar-refractivity contribution in [1.82, 2.24) is 15.1 Å². The topological polar surface area (TPSA) is 61.9 Å². The number of carbonyl (C=O) groups is 2. The van der Waals surface area contributed by atoms with Gasteiger partial charge in [0.2, 0.25) is 0 Å². The van der Waals surface area contributed by atoms with Gasteiger partial charge >= 0.3 is 6.03 Å². The van der Waals surface area contributed by atoms with E-state index in [0.717, 1.165) is 18.6 Å². The Bertz CT molecular complexity index is 600. The number of benzene rings is 1. The number of ether oxygens (including phenoxy) is 1. The molecule has 1 heterocycles. The predicted octanol–water partition coefficient (Wildman–Crippen LogP) is 3.13. The lowest BCUT2D eigenvalue weighted by Gasteiger charge is -2.36. The predicted molar refractivity (Wildman–Crippen MR) is 103 cm³/mol. The lowest BCUT2D eigenvalue weighted by Crippen LogP contribution is -2.56. The number of carbonyl (C=O) groups excluding carboxylic acids is 2. The second kappa shape index (κ2) is 8.92. The first-order valence-electron chi connectivity index (χ1n) is 9.39. The summed E-state index contributed by atoms with van der Waals surface area (Å²) in [6.45, 7) is 10.9. The first-order chi connectivity index (χ1) is 12.3. The fourth-order valence-electron chi connectivity index (χ4n) is 2.72. The van der Waals surface area contributed by atoms with Crippen LogP contribution in [0.3, 0.4) is 0 Å². The molecule has 0 aliphatic carbocycles. The number of nitrogens with zero attached hydrogens (tertiary/aromatic N) is 2. The van der Waals surface area contributed by atoms with E-state index < -0.39 is 0 Å². The van der Waals surface area contributed by atoms with Gasteiger partial charge in [0.1, 0.15) is 5.75 Å². The van der Waals surface area contributed by atoms with E-state index >= 15 is 0 Å². The van der Waals surface area contributed by atoms with Crippen LogP contribution in [0.15, 0.2) is 24.3 Å². The summed E-state index contributed by atoms with van der Waals surface area (Å²) in [5, 5.41) is 2.96.